The second kappa shape index (κ2) is 10.8. The molecule has 0 spiro atoms. The first kappa shape index (κ1) is 22.6. The maximum atomic E-state index is 12.9. The predicted molar refractivity (Wildman–Crippen MR) is 126 cm³/mol. The standard InChI is InChI=1S/C26H35N3O3/c1-31-22-10-11-23(25(17-22)32-2)24-9-6-14-29(24)19-26(30)27-21-12-15-28(16-13-21)18-20-7-4-3-5-8-20/h3-5,7-8,10-11,17,21,24H,6,9,12-16,18-19H2,1-2H3,(H,27,30). The molecule has 1 N–H and O–H groups in total. The Kier molecular flexibility index (Phi) is 7.66. The number of ether oxygens (including phenoxy) is 2. The van der Waals surface area contributed by atoms with E-state index in [1.54, 1.807) is 14.2 Å². The number of likely N-dealkylation sites (tertiary alicyclic amines) is 2. The molecule has 1 amide bonds. The van der Waals surface area contributed by atoms with Crippen LogP contribution in [0.4, 0.5) is 0 Å². The highest BCUT2D eigenvalue weighted by molar-refractivity contribution is 5.78. The zero-order chi connectivity index (χ0) is 22.3. The number of nitrogens with one attached hydrogen (secondary N) is 1. The third-order valence-electron chi connectivity index (χ3n) is 6.71. The van der Waals surface area contributed by atoms with Crippen LogP contribution in [0.3, 0.4) is 0 Å². The van der Waals surface area contributed by atoms with Gasteiger partial charge in [-0.1, -0.05) is 36.4 Å². The largest absolute Gasteiger partial charge is 0.497 e. The lowest BCUT2D eigenvalue weighted by molar-refractivity contribution is -0.123. The van der Waals surface area contributed by atoms with Gasteiger partial charge in [0.1, 0.15) is 11.5 Å². The van der Waals surface area contributed by atoms with Crippen molar-refractivity contribution in [3.63, 3.8) is 0 Å². The fourth-order valence-corrected chi connectivity index (χ4v) is 5.00. The van der Waals surface area contributed by atoms with Crippen molar-refractivity contribution in [3.8, 4) is 11.5 Å². The van der Waals surface area contributed by atoms with Crippen LogP contribution in [-0.4, -0.2) is 62.1 Å². The number of nitrogens with zero attached hydrogens (tertiary/aromatic N) is 2. The molecule has 1 unspecified atom stereocenters. The van der Waals surface area contributed by atoms with E-state index in [1.807, 2.05) is 12.1 Å². The van der Waals surface area contributed by atoms with Crippen LogP contribution in [0.15, 0.2) is 48.5 Å². The van der Waals surface area contributed by atoms with E-state index in [4.69, 9.17) is 9.47 Å². The minimum Gasteiger partial charge on any atom is -0.497 e. The maximum Gasteiger partial charge on any atom is 0.234 e. The number of benzene rings is 2. The highest BCUT2D eigenvalue weighted by Gasteiger charge is 2.30. The van der Waals surface area contributed by atoms with Crippen LogP contribution in [-0.2, 0) is 11.3 Å². The molecule has 6 nitrogen and oxygen atoms in total. The first-order chi connectivity index (χ1) is 15.7. The van der Waals surface area contributed by atoms with Crippen molar-refractivity contribution in [2.24, 2.45) is 0 Å². The Bertz CT molecular complexity index is 881. The Balaban J connectivity index is 1.28. The molecule has 0 aromatic heterocycles. The molecule has 0 saturated carbocycles. The van der Waals surface area contributed by atoms with Crippen LogP contribution in [0.5, 0.6) is 11.5 Å². The predicted octanol–water partition coefficient (Wildman–Crippen LogP) is 3.62. The van der Waals surface area contributed by atoms with Gasteiger partial charge in [-0.25, -0.2) is 0 Å². The summed E-state index contributed by atoms with van der Waals surface area (Å²) >= 11 is 0. The van der Waals surface area contributed by atoms with Crippen LogP contribution in [0.25, 0.3) is 0 Å². The van der Waals surface area contributed by atoms with E-state index >= 15 is 0 Å². The van der Waals surface area contributed by atoms with E-state index in [1.165, 1.54) is 5.56 Å². The highest BCUT2D eigenvalue weighted by atomic mass is 16.5. The third-order valence-corrected chi connectivity index (χ3v) is 6.71. The molecule has 0 bridgehead atoms. The fourth-order valence-electron chi connectivity index (χ4n) is 5.00. The topological polar surface area (TPSA) is 54.0 Å². The van der Waals surface area contributed by atoms with Gasteiger partial charge >= 0.3 is 0 Å². The first-order valence-corrected chi connectivity index (χ1v) is 11.7. The van der Waals surface area contributed by atoms with Gasteiger partial charge < -0.3 is 14.8 Å². The van der Waals surface area contributed by atoms with Crippen molar-refractivity contribution >= 4 is 5.91 Å². The fraction of sp³-hybridized carbons (Fsp3) is 0.500. The zero-order valence-electron chi connectivity index (χ0n) is 19.3. The molecule has 32 heavy (non-hydrogen) atoms. The van der Waals surface area contributed by atoms with Gasteiger partial charge in [0.15, 0.2) is 0 Å². The summed E-state index contributed by atoms with van der Waals surface area (Å²) in [6, 6.07) is 17.0. The van der Waals surface area contributed by atoms with Gasteiger partial charge in [0.05, 0.1) is 20.8 Å². The van der Waals surface area contributed by atoms with E-state index < -0.39 is 0 Å². The molecule has 2 saturated heterocycles. The Morgan fingerprint density at radius 1 is 1.00 bits per heavy atom. The molecule has 4 rings (SSSR count). The first-order valence-electron chi connectivity index (χ1n) is 11.7. The SMILES string of the molecule is COc1ccc(C2CCCN2CC(=O)NC2CCN(Cc3ccccc3)CC2)c(OC)c1. The number of carbonyl (C=O) groups excluding carboxylic acids is 1. The van der Waals surface area contributed by atoms with Gasteiger partial charge in [0.2, 0.25) is 5.91 Å². The van der Waals surface area contributed by atoms with Gasteiger partial charge in [-0.05, 0) is 43.9 Å². The summed E-state index contributed by atoms with van der Waals surface area (Å²) in [6.07, 6.45) is 4.14. The normalized spacial score (nSPS) is 20.2. The van der Waals surface area contributed by atoms with Crippen molar-refractivity contribution < 1.29 is 14.3 Å². The van der Waals surface area contributed by atoms with Gasteiger partial charge in [0.25, 0.3) is 0 Å². The summed E-state index contributed by atoms with van der Waals surface area (Å²) in [5.74, 6) is 1.74. The van der Waals surface area contributed by atoms with Gasteiger partial charge in [-0.3, -0.25) is 14.6 Å². The molecule has 2 fully saturated rings. The minimum absolute atomic E-state index is 0.130. The van der Waals surface area contributed by atoms with Gasteiger partial charge in [-0.2, -0.15) is 0 Å². The zero-order valence-corrected chi connectivity index (χ0v) is 19.3. The number of rotatable bonds is 8. The van der Waals surface area contributed by atoms with Crippen molar-refractivity contribution in [2.75, 3.05) is 40.4 Å². The van der Waals surface area contributed by atoms with Crippen LogP contribution >= 0.6 is 0 Å². The third kappa shape index (κ3) is 5.61. The van der Waals surface area contributed by atoms with E-state index in [0.29, 0.717) is 6.54 Å². The van der Waals surface area contributed by atoms with E-state index in [-0.39, 0.29) is 18.0 Å². The molecule has 2 aliphatic rings. The van der Waals surface area contributed by atoms with E-state index in [0.717, 1.165) is 68.9 Å². The van der Waals surface area contributed by atoms with Gasteiger partial charge in [0, 0.05) is 43.3 Å². The van der Waals surface area contributed by atoms with Crippen molar-refractivity contribution in [1.29, 1.82) is 0 Å². The highest BCUT2D eigenvalue weighted by Crippen LogP contribution is 2.38. The molecule has 0 aliphatic carbocycles. The minimum atomic E-state index is 0.130. The van der Waals surface area contributed by atoms with Crippen molar-refractivity contribution in [3.05, 3.63) is 59.7 Å². The van der Waals surface area contributed by atoms with Crippen LogP contribution in [0.2, 0.25) is 0 Å². The Morgan fingerprint density at radius 2 is 1.78 bits per heavy atom. The molecule has 6 heteroatoms. The van der Waals surface area contributed by atoms with E-state index in [2.05, 4.69) is 51.5 Å². The Hall–Kier alpha value is -2.57. The van der Waals surface area contributed by atoms with Crippen LogP contribution in [0, 0.1) is 0 Å². The summed E-state index contributed by atoms with van der Waals surface area (Å²) in [6.45, 7) is 4.40. The number of amides is 1. The molecular weight excluding hydrogens is 402 g/mol. The molecule has 172 valence electrons. The Morgan fingerprint density at radius 3 is 2.50 bits per heavy atom. The number of carbonyl (C=O) groups is 1. The van der Waals surface area contributed by atoms with Crippen LogP contribution in [0.1, 0.15) is 42.9 Å². The summed E-state index contributed by atoms with van der Waals surface area (Å²) in [4.78, 5) is 17.6. The lowest BCUT2D eigenvalue weighted by Gasteiger charge is -2.33. The molecule has 2 aliphatic heterocycles. The Labute approximate surface area is 191 Å². The van der Waals surface area contributed by atoms with Crippen molar-refractivity contribution in [1.82, 2.24) is 15.1 Å². The average molecular weight is 438 g/mol. The average Bonchev–Trinajstić information content (AvgIpc) is 3.28. The number of piperidine rings is 1. The quantitative estimate of drug-likeness (QED) is 0.684. The summed E-state index contributed by atoms with van der Waals surface area (Å²) in [7, 11) is 3.35. The molecule has 2 aromatic carbocycles. The van der Waals surface area contributed by atoms with Crippen molar-refractivity contribution in [2.45, 2.75) is 44.3 Å². The van der Waals surface area contributed by atoms with Gasteiger partial charge in [-0.15, -0.1) is 0 Å². The number of hydrogen-bond donors (Lipinski definition) is 1. The molecule has 1 atom stereocenters. The maximum absolute atomic E-state index is 12.9. The van der Waals surface area contributed by atoms with Crippen LogP contribution < -0.4 is 14.8 Å². The number of hydrogen-bond acceptors (Lipinski definition) is 5. The molecule has 2 heterocycles. The monoisotopic (exact) mass is 437 g/mol. The lowest BCUT2D eigenvalue weighted by Crippen LogP contribution is -2.47. The summed E-state index contributed by atoms with van der Waals surface area (Å²) < 4.78 is 10.9. The lowest BCUT2D eigenvalue weighted by atomic mass is 10.0. The molecule has 0 radical (unpaired) electrons. The number of methoxy groups -OCH3 is 2. The second-order valence-corrected chi connectivity index (χ2v) is 8.84. The van der Waals surface area contributed by atoms with E-state index in [9.17, 15) is 4.79 Å². The second-order valence-electron chi connectivity index (χ2n) is 8.84. The smallest absolute Gasteiger partial charge is 0.234 e. The summed E-state index contributed by atoms with van der Waals surface area (Å²) in [5, 5.41) is 3.29. The molecule has 2 aromatic rings. The summed E-state index contributed by atoms with van der Waals surface area (Å²) in [5.41, 5.74) is 2.48. The molecular formula is C26H35N3O3.